The highest BCUT2D eigenvalue weighted by molar-refractivity contribution is 9.10. The van der Waals surface area contributed by atoms with E-state index in [1.807, 2.05) is 0 Å². The van der Waals surface area contributed by atoms with Gasteiger partial charge >= 0.3 is 0 Å². The van der Waals surface area contributed by atoms with Crippen molar-refractivity contribution in [3.63, 3.8) is 0 Å². The van der Waals surface area contributed by atoms with Crippen LogP contribution in [0.4, 0.5) is 0 Å². The maximum Gasteiger partial charge on any atom is 0.0572 e. The summed E-state index contributed by atoms with van der Waals surface area (Å²) in [4.78, 5) is 1.39. The minimum absolute atomic E-state index is 0.107. The van der Waals surface area contributed by atoms with E-state index in [0.717, 1.165) is 18.8 Å². The van der Waals surface area contributed by atoms with Crippen molar-refractivity contribution in [1.82, 2.24) is 0 Å². The van der Waals surface area contributed by atoms with Crippen molar-refractivity contribution in [3.8, 4) is 0 Å². The monoisotopic (exact) mass is 330 g/mol. The first-order valence-corrected chi connectivity index (χ1v) is 8.44. The van der Waals surface area contributed by atoms with E-state index < -0.39 is 0 Å². The Labute approximate surface area is 123 Å². The van der Waals surface area contributed by atoms with Crippen LogP contribution in [0.3, 0.4) is 0 Å². The molecule has 102 valence electrons. The maximum atomic E-state index is 10.2. The summed E-state index contributed by atoms with van der Waals surface area (Å²) in [5, 5.41) is 12.3. The molecular formula is C15H23BrOS. The summed E-state index contributed by atoms with van der Waals surface area (Å²) >= 11 is 5.30. The minimum Gasteiger partial charge on any atom is -0.393 e. The summed E-state index contributed by atoms with van der Waals surface area (Å²) in [6.07, 6.45) is 4.24. The number of halogens is 1. The molecule has 1 saturated carbocycles. The molecule has 2 rings (SSSR count). The van der Waals surface area contributed by atoms with Gasteiger partial charge in [-0.3, -0.25) is 0 Å². The average molecular weight is 331 g/mol. The second kappa shape index (κ2) is 5.64. The molecule has 18 heavy (non-hydrogen) atoms. The number of rotatable bonds is 2. The van der Waals surface area contributed by atoms with E-state index in [4.69, 9.17) is 0 Å². The highest BCUT2D eigenvalue weighted by Gasteiger charge is 2.35. The highest BCUT2D eigenvalue weighted by atomic mass is 79.9. The molecule has 1 fully saturated rings. The summed E-state index contributed by atoms with van der Waals surface area (Å²) in [5.41, 5.74) is 0.369. The smallest absolute Gasteiger partial charge is 0.0572 e. The van der Waals surface area contributed by atoms with Crippen LogP contribution in [-0.2, 0) is 6.42 Å². The molecule has 0 spiro atoms. The molecule has 3 heteroatoms. The third kappa shape index (κ3) is 3.58. The molecule has 1 aromatic rings. The van der Waals surface area contributed by atoms with E-state index in [2.05, 4.69) is 48.1 Å². The summed E-state index contributed by atoms with van der Waals surface area (Å²) < 4.78 is 1.17. The Morgan fingerprint density at radius 3 is 2.67 bits per heavy atom. The van der Waals surface area contributed by atoms with Crippen LogP contribution in [0.5, 0.6) is 0 Å². The van der Waals surface area contributed by atoms with Gasteiger partial charge in [0.15, 0.2) is 0 Å². The maximum absolute atomic E-state index is 10.2. The standard InChI is InChI=1S/C15H23BrOS/c1-15(2,3)11-4-5-14(17)10(6-11)7-13-8-12(16)9-18-13/h8-11,14,17H,4-7H2,1-3H3. The van der Waals surface area contributed by atoms with Gasteiger partial charge in [-0.25, -0.2) is 0 Å². The molecule has 0 saturated heterocycles. The van der Waals surface area contributed by atoms with Crippen LogP contribution in [0.25, 0.3) is 0 Å². The quantitative estimate of drug-likeness (QED) is 0.819. The van der Waals surface area contributed by atoms with Crippen molar-refractivity contribution in [3.05, 3.63) is 20.8 Å². The molecule has 0 radical (unpaired) electrons. The van der Waals surface area contributed by atoms with Crippen LogP contribution in [0.2, 0.25) is 0 Å². The van der Waals surface area contributed by atoms with Crippen LogP contribution < -0.4 is 0 Å². The lowest BCUT2D eigenvalue weighted by molar-refractivity contribution is 0.0199. The summed E-state index contributed by atoms with van der Waals surface area (Å²) in [5.74, 6) is 1.18. The normalized spacial score (nSPS) is 29.5. The zero-order valence-electron chi connectivity index (χ0n) is 11.4. The van der Waals surface area contributed by atoms with Gasteiger partial charge in [0.05, 0.1) is 6.10 Å². The van der Waals surface area contributed by atoms with Gasteiger partial charge in [-0.15, -0.1) is 11.3 Å². The van der Waals surface area contributed by atoms with Gasteiger partial charge in [0.25, 0.3) is 0 Å². The highest BCUT2D eigenvalue weighted by Crippen LogP contribution is 2.41. The van der Waals surface area contributed by atoms with E-state index >= 15 is 0 Å². The Morgan fingerprint density at radius 2 is 2.11 bits per heavy atom. The molecule has 0 aromatic carbocycles. The topological polar surface area (TPSA) is 20.2 Å². The Morgan fingerprint density at radius 1 is 1.39 bits per heavy atom. The fourth-order valence-corrected chi connectivity index (χ4v) is 4.52. The molecule has 0 aliphatic heterocycles. The van der Waals surface area contributed by atoms with Gasteiger partial charge < -0.3 is 5.11 Å². The van der Waals surface area contributed by atoms with Crippen molar-refractivity contribution in [1.29, 1.82) is 0 Å². The fraction of sp³-hybridized carbons (Fsp3) is 0.733. The lowest BCUT2D eigenvalue weighted by Crippen LogP contribution is -2.35. The van der Waals surface area contributed by atoms with Crippen molar-refractivity contribution in [2.75, 3.05) is 0 Å². The van der Waals surface area contributed by atoms with Gasteiger partial charge in [0.2, 0.25) is 0 Å². The van der Waals surface area contributed by atoms with Crippen molar-refractivity contribution < 1.29 is 5.11 Å². The summed E-state index contributed by atoms with van der Waals surface area (Å²) in [6, 6.07) is 2.19. The summed E-state index contributed by atoms with van der Waals surface area (Å²) in [6.45, 7) is 6.98. The van der Waals surface area contributed by atoms with Crippen molar-refractivity contribution in [2.45, 2.75) is 52.6 Å². The van der Waals surface area contributed by atoms with Gasteiger partial charge in [-0.2, -0.15) is 0 Å². The largest absolute Gasteiger partial charge is 0.393 e. The van der Waals surface area contributed by atoms with E-state index in [-0.39, 0.29) is 6.10 Å². The Balaban J connectivity index is 2.02. The van der Waals surface area contributed by atoms with Crippen LogP contribution >= 0.6 is 27.3 Å². The third-order valence-electron chi connectivity index (χ3n) is 4.25. The van der Waals surface area contributed by atoms with Gasteiger partial charge in [0, 0.05) is 14.7 Å². The molecule has 1 N–H and O–H groups in total. The zero-order valence-corrected chi connectivity index (χ0v) is 13.9. The Hall–Kier alpha value is 0.140. The molecule has 0 amide bonds. The first-order chi connectivity index (χ1) is 8.36. The number of aliphatic hydroxyl groups excluding tert-OH is 1. The molecule has 3 unspecified atom stereocenters. The van der Waals surface area contributed by atoms with Gasteiger partial charge in [-0.1, -0.05) is 20.8 Å². The van der Waals surface area contributed by atoms with E-state index in [1.165, 1.54) is 22.2 Å². The van der Waals surface area contributed by atoms with Crippen LogP contribution in [0, 0.1) is 17.3 Å². The lowest BCUT2D eigenvalue weighted by atomic mass is 9.67. The molecular weight excluding hydrogens is 308 g/mol. The lowest BCUT2D eigenvalue weighted by Gasteiger charge is -2.40. The molecule has 0 bridgehead atoms. The fourth-order valence-electron chi connectivity index (χ4n) is 2.97. The number of aliphatic hydroxyl groups is 1. The van der Waals surface area contributed by atoms with Crippen LogP contribution in [-0.4, -0.2) is 11.2 Å². The SMILES string of the molecule is CC(C)(C)C1CCC(O)C(Cc2cc(Br)cs2)C1. The Kier molecular flexibility index (Phi) is 4.56. The molecule has 1 nitrogen and oxygen atoms in total. The second-order valence-electron chi connectivity index (χ2n) is 6.64. The van der Waals surface area contributed by atoms with Gasteiger partial charge in [0.1, 0.15) is 0 Å². The molecule has 1 aromatic heterocycles. The molecule has 3 atom stereocenters. The van der Waals surface area contributed by atoms with Crippen LogP contribution in [0.15, 0.2) is 15.9 Å². The average Bonchev–Trinajstić information content (AvgIpc) is 2.66. The number of hydrogen-bond acceptors (Lipinski definition) is 2. The zero-order chi connectivity index (χ0) is 13.3. The predicted molar refractivity (Wildman–Crippen MR) is 82.0 cm³/mol. The van der Waals surface area contributed by atoms with E-state index in [0.29, 0.717) is 11.3 Å². The van der Waals surface area contributed by atoms with Crippen molar-refractivity contribution >= 4 is 27.3 Å². The second-order valence-corrected chi connectivity index (χ2v) is 8.55. The van der Waals surface area contributed by atoms with Gasteiger partial charge in [-0.05, 0) is 64.9 Å². The molecule has 1 aliphatic carbocycles. The number of hydrogen-bond donors (Lipinski definition) is 1. The summed E-state index contributed by atoms with van der Waals surface area (Å²) in [7, 11) is 0. The molecule has 1 aliphatic rings. The first-order valence-electron chi connectivity index (χ1n) is 6.77. The van der Waals surface area contributed by atoms with E-state index in [9.17, 15) is 5.11 Å². The Bertz CT molecular complexity index is 393. The third-order valence-corrected chi connectivity index (χ3v) is 5.97. The minimum atomic E-state index is -0.107. The number of thiophene rings is 1. The first kappa shape index (κ1) is 14.5. The molecule has 1 heterocycles. The van der Waals surface area contributed by atoms with Crippen LogP contribution in [0.1, 0.15) is 44.9 Å². The van der Waals surface area contributed by atoms with Crippen molar-refractivity contribution in [2.24, 2.45) is 17.3 Å². The van der Waals surface area contributed by atoms with E-state index in [1.54, 1.807) is 11.3 Å². The predicted octanol–water partition coefficient (Wildman–Crippen LogP) is 4.88.